The summed E-state index contributed by atoms with van der Waals surface area (Å²) in [4.78, 5) is 12.5. The Morgan fingerprint density at radius 3 is 3.00 bits per heavy atom. The Bertz CT molecular complexity index is 717. The summed E-state index contributed by atoms with van der Waals surface area (Å²) < 4.78 is 1.74. The van der Waals surface area contributed by atoms with Crippen LogP contribution >= 0.6 is 0 Å². The van der Waals surface area contributed by atoms with Gasteiger partial charge >= 0.3 is 0 Å². The van der Waals surface area contributed by atoms with Crippen LogP contribution in [0.15, 0.2) is 36.7 Å². The zero-order chi connectivity index (χ0) is 15.8. The van der Waals surface area contributed by atoms with E-state index in [1.54, 1.807) is 10.9 Å². The molecule has 2 saturated carbocycles. The lowest BCUT2D eigenvalue weighted by Crippen LogP contribution is -2.20. The number of carbonyl (C=O) groups excluding carboxylic acids is 1. The SMILES string of the molecule is Cn1cc(CC(=O)c2cccc(C3CC3NCC3CC3)c2)cn1. The minimum Gasteiger partial charge on any atom is -0.313 e. The molecule has 0 bridgehead atoms. The number of nitrogens with zero attached hydrogens (tertiary/aromatic N) is 2. The van der Waals surface area contributed by atoms with Crippen LogP contribution in [0.4, 0.5) is 0 Å². The van der Waals surface area contributed by atoms with Crippen molar-refractivity contribution in [1.29, 1.82) is 0 Å². The number of carbonyl (C=O) groups is 1. The number of rotatable bonds is 7. The van der Waals surface area contributed by atoms with Crippen LogP contribution in [0.2, 0.25) is 0 Å². The standard InChI is InChI=1S/C19H23N3O/c1-22-12-14(11-21-22)7-19(23)16-4-2-3-15(8-16)17-9-18(17)20-10-13-5-6-13/h2-4,8,11-13,17-18,20H,5-7,9-10H2,1H3. The summed E-state index contributed by atoms with van der Waals surface area (Å²) in [6.07, 6.45) is 8.07. The normalized spacial score (nSPS) is 23.0. The average Bonchev–Trinajstić information content (AvgIpc) is 3.45. The minimum absolute atomic E-state index is 0.169. The molecule has 1 aromatic carbocycles. The Hall–Kier alpha value is -1.94. The highest BCUT2D eigenvalue weighted by molar-refractivity contribution is 5.97. The van der Waals surface area contributed by atoms with Gasteiger partial charge in [0, 0.05) is 37.2 Å². The van der Waals surface area contributed by atoms with Gasteiger partial charge in [-0.05, 0) is 48.9 Å². The molecule has 1 aromatic heterocycles. The Labute approximate surface area is 136 Å². The molecule has 0 aliphatic heterocycles. The van der Waals surface area contributed by atoms with Gasteiger partial charge in [-0.25, -0.2) is 0 Å². The lowest BCUT2D eigenvalue weighted by molar-refractivity contribution is 0.0993. The summed E-state index contributed by atoms with van der Waals surface area (Å²) in [5.41, 5.74) is 3.09. The fourth-order valence-electron chi connectivity index (χ4n) is 3.22. The Balaban J connectivity index is 1.39. The quantitative estimate of drug-likeness (QED) is 0.800. The lowest BCUT2D eigenvalue weighted by atomic mass is 10.0. The highest BCUT2D eigenvalue weighted by Gasteiger charge is 2.39. The summed E-state index contributed by atoms with van der Waals surface area (Å²) in [7, 11) is 1.87. The van der Waals surface area contributed by atoms with E-state index in [9.17, 15) is 4.79 Å². The van der Waals surface area contributed by atoms with Gasteiger partial charge in [-0.3, -0.25) is 9.48 Å². The molecule has 4 rings (SSSR count). The van der Waals surface area contributed by atoms with Crippen LogP contribution in [0.25, 0.3) is 0 Å². The van der Waals surface area contributed by atoms with Crippen LogP contribution in [0, 0.1) is 5.92 Å². The fourth-order valence-corrected chi connectivity index (χ4v) is 3.22. The molecule has 1 N–H and O–H groups in total. The number of hydrogen-bond donors (Lipinski definition) is 1. The van der Waals surface area contributed by atoms with Crippen molar-refractivity contribution in [3.63, 3.8) is 0 Å². The van der Waals surface area contributed by atoms with Gasteiger partial charge in [0.15, 0.2) is 5.78 Å². The number of aryl methyl sites for hydroxylation is 1. The second kappa shape index (κ2) is 5.93. The smallest absolute Gasteiger partial charge is 0.167 e. The van der Waals surface area contributed by atoms with Crippen LogP contribution in [0.5, 0.6) is 0 Å². The van der Waals surface area contributed by atoms with E-state index < -0.39 is 0 Å². The number of ketones is 1. The van der Waals surface area contributed by atoms with Crippen molar-refractivity contribution >= 4 is 5.78 Å². The molecule has 0 saturated heterocycles. The van der Waals surface area contributed by atoms with Gasteiger partial charge in [0.2, 0.25) is 0 Å². The third kappa shape index (κ3) is 3.53. The molecule has 4 nitrogen and oxygen atoms in total. The molecule has 2 unspecified atom stereocenters. The molecule has 2 aliphatic rings. The van der Waals surface area contributed by atoms with Crippen molar-refractivity contribution < 1.29 is 4.79 Å². The van der Waals surface area contributed by atoms with Gasteiger partial charge in [-0.2, -0.15) is 5.10 Å². The molecule has 0 spiro atoms. The molecule has 0 amide bonds. The first-order chi connectivity index (χ1) is 11.2. The summed E-state index contributed by atoms with van der Waals surface area (Å²) in [5, 5.41) is 7.79. The van der Waals surface area contributed by atoms with Crippen molar-refractivity contribution in [2.45, 2.75) is 37.6 Å². The number of benzene rings is 1. The van der Waals surface area contributed by atoms with Crippen LogP contribution < -0.4 is 5.32 Å². The van der Waals surface area contributed by atoms with Gasteiger partial charge in [-0.1, -0.05) is 18.2 Å². The van der Waals surface area contributed by atoms with E-state index in [0.29, 0.717) is 18.4 Å². The molecular formula is C19H23N3O. The highest BCUT2D eigenvalue weighted by atomic mass is 16.1. The van der Waals surface area contributed by atoms with Crippen molar-refractivity contribution in [2.75, 3.05) is 6.54 Å². The third-order valence-corrected chi connectivity index (χ3v) is 4.92. The van der Waals surface area contributed by atoms with E-state index in [2.05, 4.69) is 22.5 Å². The van der Waals surface area contributed by atoms with E-state index >= 15 is 0 Å². The van der Waals surface area contributed by atoms with Crippen LogP contribution in [-0.2, 0) is 13.5 Å². The average molecular weight is 309 g/mol. The van der Waals surface area contributed by atoms with Gasteiger partial charge < -0.3 is 5.32 Å². The van der Waals surface area contributed by atoms with Gasteiger partial charge in [-0.15, -0.1) is 0 Å². The first-order valence-electron chi connectivity index (χ1n) is 8.53. The molecular weight excluding hydrogens is 286 g/mol. The maximum absolute atomic E-state index is 12.5. The molecule has 23 heavy (non-hydrogen) atoms. The summed E-state index contributed by atoms with van der Waals surface area (Å²) >= 11 is 0. The minimum atomic E-state index is 0.169. The predicted octanol–water partition coefficient (Wildman–Crippen LogP) is 2.70. The van der Waals surface area contributed by atoms with Crippen LogP contribution in [-0.4, -0.2) is 28.2 Å². The first-order valence-corrected chi connectivity index (χ1v) is 8.53. The van der Waals surface area contributed by atoms with Crippen molar-refractivity contribution in [3.05, 3.63) is 53.3 Å². The van der Waals surface area contributed by atoms with Crippen LogP contribution in [0.3, 0.4) is 0 Å². The van der Waals surface area contributed by atoms with E-state index in [1.807, 2.05) is 25.4 Å². The fraction of sp³-hybridized carbons (Fsp3) is 0.474. The maximum atomic E-state index is 12.5. The third-order valence-electron chi connectivity index (χ3n) is 4.92. The van der Waals surface area contributed by atoms with Crippen molar-refractivity contribution in [2.24, 2.45) is 13.0 Å². The number of aromatic nitrogens is 2. The molecule has 2 atom stereocenters. The number of hydrogen-bond acceptors (Lipinski definition) is 3. The van der Waals surface area contributed by atoms with E-state index in [0.717, 1.165) is 17.0 Å². The zero-order valence-corrected chi connectivity index (χ0v) is 13.5. The Morgan fingerprint density at radius 2 is 2.26 bits per heavy atom. The van der Waals surface area contributed by atoms with E-state index in [-0.39, 0.29) is 5.78 Å². The van der Waals surface area contributed by atoms with E-state index in [4.69, 9.17) is 0 Å². The largest absolute Gasteiger partial charge is 0.313 e. The monoisotopic (exact) mass is 309 g/mol. The van der Waals surface area contributed by atoms with Gasteiger partial charge in [0.05, 0.1) is 6.20 Å². The molecule has 2 fully saturated rings. The summed E-state index contributed by atoms with van der Waals surface area (Å²) in [5.74, 6) is 1.67. The summed E-state index contributed by atoms with van der Waals surface area (Å²) in [6.45, 7) is 1.17. The Morgan fingerprint density at radius 1 is 1.39 bits per heavy atom. The predicted molar refractivity (Wildman–Crippen MR) is 89.6 cm³/mol. The van der Waals surface area contributed by atoms with Gasteiger partial charge in [0.1, 0.15) is 0 Å². The molecule has 120 valence electrons. The topological polar surface area (TPSA) is 46.9 Å². The molecule has 2 aliphatic carbocycles. The molecule has 2 aromatic rings. The molecule has 0 radical (unpaired) electrons. The van der Waals surface area contributed by atoms with Crippen molar-refractivity contribution in [1.82, 2.24) is 15.1 Å². The highest BCUT2D eigenvalue weighted by Crippen LogP contribution is 2.41. The number of Topliss-reactive ketones (excluding diaryl/α,β-unsaturated/α-hetero) is 1. The molecule has 4 heteroatoms. The first kappa shape index (κ1) is 14.6. The van der Waals surface area contributed by atoms with Crippen molar-refractivity contribution in [3.8, 4) is 0 Å². The zero-order valence-electron chi connectivity index (χ0n) is 13.5. The second-order valence-corrected chi connectivity index (χ2v) is 7.05. The maximum Gasteiger partial charge on any atom is 0.167 e. The lowest BCUT2D eigenvalue weighted by Gasteiger charge is -2.05. The Kier molecular flexibility index (Phi) is 3.77. The van der Waals surface area contributed by atoms with Gasteiger partial charge in [0.25, 0.3) is 0 Å². The summed E-state index contributed by atoms with van der Waals surface area (Å²) in [6, 6.07) is 8.80. The van der Waals surface area contributed by atoms with Crippen LogP contribution in [0.1, 0.15) is 46.7 Å². The number of nitrogens with one attached hydrogen (secondary N) is 1. The molecule has 1 heterocycles. The van der Waals surface area contributed by atoms with E-state index in [1.165, 1.54) is 31.4 Å². The second-order valence-electron chi connectivity index (χ2n) is 7.05.